The maximum absolute atomic E-state index is 10.9. The van der Waals surface area contributed by atoms with Crippen molar-refractivity contribution in [2.45, 2.75) is 57.4 Å². The van der Waals surface area contributed by atoms with E-state index in [1.807, 2.05) is 0 Å². The highest BCUT2D eigenvalue weighted by Crippen LogP contribution is 2.51. The zero-order valence-electron chi connectivity index (χ0n) is 12.3. The Balaban J connectivity index is 2.21. The summed E-state index contributed by atoms with van der Waals surface area (Å²) in [5, 5.41) is 0. The molecule has 1 fully saturated rings. The number of rotatable bonds is 3. The predicted octanol–water partition coefficient (Wildman–Crippen LogP) is 3.60. The molecule has 0 unspecified atom stereocenters. The number of aryl methyl sites for hydroxylation is 1. The van der Waals surface area contributed by atoms with Crippen LogP contribution >= 0.6 is 0 Å². The van der Waals surface area contributed by atoms with Crippen LogP contribution in [0.4, 0.5) is 0 Å². The fourth-order valence-corrected chi connectivity index (χ4v) is 3.84. The third kappa shape index (κ3) is 1.89. The van der Waals surface area contributed by atoms with Gasteiger partial charge in [0.1, 0.15) is 11.3 Å². The van der Waals surface area contributed by atoms with Crippen LogP contribution in [0.1, 0.15) is 54.4 Å². The second kappa shape index (κ2) is 5.06. The van der Waals surface area contributed by atoms with Gasteiger partial charge in [0.2, 0.25) is 6.08 Å². The lowest BCUT2D eigenvalue weighted by atomic mass is 9.69. The molecule has 3 rings (SSSR count). The second-order valence-electron chi connectivity index (χ2n) is 6.01. The average molecular weight is 271 g/mol. The van der Waals surface area contributed by atoms with Crippen molar-refractivity contribution in [1.29, 1.82) is 0 Å². The predicted molar refractivity (Wildman–Crippen MR) is 78.0 cm³/mol. The number of benzene rings is 1. The van der Waals surface area contributed by atoms with E-state index in [1.165, 1.54) is 29.5 Å². The molecule has 0 spiro atoms. The van der Waals surface area contributed by atoms with E-state index in [1.54, 1.807) is 13.2 Å². The summed E-state index contributed by atoms with van der Waals surface area (Å²) in [7, 11) is 1.71. The van der Waals surface area contributed by atoms with Crippen molar-refractivity contribution in [3.05, 3.63) is 28.3 Å². The van der Waals surface area contributed by atoms with Gasteiger partial charge in [0.15, 0.2) is 0 Å². The molecule has 0 atom stereocenters. The van der Waals surface area contributed by atoms with Gasteiger partial charge in [-0.05, 0) is 74.6 Å². The summed E-state index contributed by atoms with van der Waals surface area (Å²) in [4.78, 5) is 15.0. The van der Waals surface area contributed by atoms with Crippen LogP contribution in [0.25, 0.3) is 0 Å². The molecule has 1 aromatic carbocycles. The Labute approximate surface area is 120 Å². The minimum absolute atomic E-state index is 0.371. The molecule has 1 aromatic rings. The van der Waals surface area contributed by atoms with Crippen LogP contribution in [0.3, 0.4) is 0 Å². The molecule has 2 aliphatic carbocycles. The zero-order valence-corrected chi connectivity index (χ0v) is 12.3. The lowest BCUT2D eigenvalue weighted by molar-refractivity contribution is 0.244. The molecule has 1 saturated carbocycles. The van der Waals surface area contributed by atoms with Gasteiger partial charge in [-0.15, -0.1) is 0 Å². The number of methoxy groups -OCH3 is 1. The minimum atomic E-state index is -0.371. The SMILES string of the molecule is COc1cc2c(c(C)c1C1(N=C=O)CCC1)CCCC2. The summed E-state index contributed by atoms with van der Waals surface area (Å²) in [6.07, 6.45) is 9.54. The van der Waals surface area contributed by atoms with Gasteiger partial charge in [-0.2, -0.15) is 4.99 Å². The number of nitrogens with zero attached hydrogens (tertiary/aromatic N) is 1. The number of carbonyl (C=O) groups excluding carboxylic acids is 1. The Morgan fingerprint density at radius 2 is 2.00 bits per heavy atom. The third-order valence-corrected chi connectivity index (χ3v) is 5.02. The zero-order chi connectivity index (χ0) is 14.2. The number of ether oxygens (including phenoxy) is 1. The number of hydrogen-bond acceptors (Lipinski definition) is 3. The van der Waals surface area contributed by atoms with Crippen LogP contribution in [-0.2, 0) is 23.2 Å². The van der Waals surface area contributed by atoms with Crippen molar-refractivity contribution in [3.63, 3.8) is 0 Å². The third-order valence-electron chi connectivity index (χ3n) is 5.02. The molecule has 0 saturated heterocycles. The molecule has 0 aromatic heterocycles. The molecule has 2 aliphatic rings. The van der Waals surface area contributed by atoms with Gasteiger partial charge in [-0.3, -0.25) is 0 Å². The maximum Gasteiger partial charge on any atom is 0.235 e. The molecule has 0 N–H and O–H groups in total. The van der Waals surface area contributed by atoms with Gasteiger partial charge in [0.05, 0.1) is 7.11 Å². The monoisotopic (exact) mass is 271 g/mol. The summed E-state index contributed by atoms with van der Waals surface area (Å²) >= 11 is 0. The van der Waals surface area contributed by atoms with Gasteiger partial charge in [-0.25, -0.2) is 4.79 Å². The van der Waals surface area contributed by atoms with Crippen LogP contribution in [0.5, 0.6) is 5.75 Å². The second-order valence-corrected chi connectivity index (χ2v) is 6.01. The molecule has 0 bridgehead atoms. The summed E-state index contributed by atoms with van der Waals surface area (Å²) in [6, 6.07) is 2.18. The minimum Gasteiger partial charge on any atom is -0.496 e. The van der Waals surface area contributed by atoms with Crippen molar-refractivity contribution in [2.75, 3.05) is 7.11 Å². The summed E-state index contributed by atoms with van der Waals surface area (Å²) in [5.41, 5.74) is 4.93. The molecule has 106 valence electrons. The fourth-order valence-electron chi connectivity index (χ4n) is 3.84. The summed E-state index contributed by atoms with van der Waals surface area (Å²) in [6.45, 7) is 2.17. The molecule has 3 nitrogen and oxygen atoms in total. The number of fused-ring (bicyclic) bond motifs is 1. The summed E-state index contributed by atoms with van der Waals surface area (Å²) < 4.78 is 5.63. The van der Waals surface area contributed by atoms with E-state index < -0.39 is 0 Å². The van der Waals surface area contributed by atoms with Gasteiger partial charge in [0.25, 0.3) is 0 Å². The van der Waals surface area contributed by atoms with Gasteiger partial charge < -0.3 is 4.74 Å². The van der Waals surface area contributed by atoms with Crippen molar-refractivity contribution >= 4 is 6.08 Å². The molecule has 3 heteroatoms. The number of hydrogen-bond donors (Lipinski definition) is 0. The van der Waals surface area contributed by atoms with Gasteiger partial charge >= 0.3 is 0 Å². The van der Waals surface area contributed by atoms with Crippen LogP contribution in [0.2, 0.25) is 0 Å². The first-order valence-electron chi connectivity index (χ1n) is 7.51. The fraction of sp³-hybridized carbons (Fsp3) is 0.588. The van der Waals surface area contributed by atoms with Crippen molar-refractivity contribution in [1.82, 2.24) is 0 Å². The Kier molecular flexibility index (Phi) is 3.39. The normalized spacial score (nSPS) is 19.5. The van der Waals surface area contributed by atoms with E-state index >= 15 is 0 Å². The molecular weight excluding hydrogens is 250 g/mol. The van der Waals surface area contributed by atoms with Gasteiger partial charge in [-0.1, -0.05) is 0 Å². The smallest absolute Gasteiger partial charge is 0.235 e. The Hall–Kier alpha value is -1.60. The molecule has 0 aliphatic heterocycles. The van der Waals surface area contributed by atoms with E-state index in [0.717, 1.165) is 43.4 Å². The first kappa shape index (κ1) is 13.4. The first-order valence-corrected chi connectivity index (χ1v) is 7.51. The largest absolute Gasteiger partial charge is 0.496 e. The van der Waals surface area contributed by atoms with Gasteiger partial charge in [0, 0.05) is 5.56 Å². The molecule has 0 amide bonds. The van der Waals surface area contributed by atoms with E-state index in [2.05, 4.69) is 18.0 Å². The molecule has 0 heterocycles. The topological polar surface area (TPSA) is 38.7 Å². The van der Waals surface area contributed by atoms with Crippen molar-refractivity contribution in [2.24, 2.45) is 4.99 Å². The first-order chi connectivity index (χ1) is 9.72. The van der Waals surface area contributed by atoms with E-state index in [4.69, 9.17) is 4.74 Å². The summed E-state index contributed by atoms with van der Waals surface area (Å²) in [5.74, 6) is 0.904. The van der Waals surface area contributed by atoms with Crippen LogP contribution in [0.15, 0.2) is 11.1 Å². The molecule has 20 heavy (non-hydrogen) atoms. The number of isocyanates is 1. The average Bonchev–Trinajstić information content (AvgIpc) is 2.43. The highest BCUT2D eigenvalue weighted by molar-refractivity contribution is 5.55. The Morgan fingerprint density at radius 3 is 2.60 bits per heavy atom. The number of aliphatic imine (C=N–C) groups is 1. The standard InChI is InChI=1S/C17H21NO2/c1-12-14-7-4-3-6-13(14)10-15(20-2)16(12)17(18-11-19)8-5-9-17/h10H,3-9H2,1-2H3. The highest BCUT2D eigenvalue weighted by Gasteiger charge is 2.43. The Bertz CT molecular complexity index is 581. The maximum atomic E-state index is 10.9. The Morgan fingerprint density at radius 1 is 1.25 bits per heavy atom. The van der Waals surface area contributed by atoms with E-state index in [0.29, 0.717) is 0 Å². The van der Waals surface area contributed by atoms with Crippen LogP contribution in [0, 0.1) is 6.92 Å². The van der Waals surface area contributed by atoms with E-state index in [9.17, 15) is 4.79 Å². The van der Waals surface area contributed by atoms with Crippen LogP contribution < -0.4 is 4.74 Å². The van der Waals surface area contributed by atoms with Crippen LogP contribution in [-0.4, -0.2) is 13.2 Å². The quantitative estimate of drug-likeness (QED) is 0.622. The van der Waals surface area contributed by atoms with E-state index in [-0.39, 0.29) is 5.54 Å². The highest BCUT2D eigenvalue weighted by atomic mass is 16.5. The van der Waals surface area contributed by atoms with Crippen molar-refractivity contribution < 1.29 is 9.53 Å². The van der Waals surface area contributed by atoms with Crippen molar-refractivity contribution in [3.8, 4) is 5.75 Å². The molecule has 0 radical (unpaired) electrons. The molecular formula is C17H21NO2. The lowest BCUT2D eigenvalue weighted by Crippen LogP contribution is -2.34. The lowest BCUT2D eigenvalue weighted by Gasteiger charge is -2.40.